The summed E-state index contributed by atoms with van der Waals surface area (Å²) in [6.07, 6.45) is 7.51. The van der Waals surface area contributed by atoms with Crippen molar-refractivity contribution in [2.24, 2.45) is 10.2 Å². The minimum Gasteiger partial charge on any atom is -0.266 e. The number of nitrogens with one attached hydrogen (secondary N) is 3. The third-order valence-corrected chi connectivity index (χ3v) is 5.22. The van der Waals surface area contributed by atoms with Gasteiger partial charge in [-0.3, -0.25) is 5.41 Å². The van der Waals surface area contributed by atoms with E-state index >= 15 is 0 Å². The van der Waals surface area contributed by atoms with Gasteiger partial charge in [0.2, 0.25) is 5.96 Å². The Labute approximate surface area is 223 Å². The van der Waals surface area contributed by atoms with E-state index in [1.807, 2.05) is 121 Å². The Morgan fingerprint density at radius 2 is 0.838 bits per heavy atom. The topological polar surface area (TPSA) is 72.6 Å². The fraction of sp³-hybridized carbons (Fsp3) is 0. The molecule has 0 unspecified atom stereocenters. The Morgan fingerprint density at radius 1 is 0.514 bits per heavy atom. The molecule has 0 saturated heterocycles. The lowest BCUT2D eigenvalue weighted by Gasteiger charge is -2.05. The number of guanidine groups is 1. The molecule has 0 aromatic heterocycles. The van der Waals surface area contributed by atoms with Crippen LogP contribution < -0.4 is 10.9 Å². The first-order chi connectivity index (χ1) is 17.8. The summed E-state index contributed by atoms with van der Waals surface area (Å²) in [4.78, 5) is 0. The number of hydrazone groups is 2. The second-order valence-corrected chi connectivity index (χ2v) is 7.87. The van der Waals surface area contributed by atoms with Gasteiger partial charge in [0.05, 0.1) is 12.4 Å². The zero-order chi connectivity index (χ0) is 24.8. The zero-order valence-corrected chi connectivity index (χ0v) is 21.0. The molecule has 0 atom stereocenters. The molecular weight excluding hydrogens is 478 g/mol. The molecule has 0 fully saturated rings. The number of benzene rings is 4. The van der Waals surface area contributed by atoms with Crippen LogP contribution in [0.15, 0.2) is 132 Å². The van der Waals surface area contributed by atoms with Crippen LogP contribution in [0.25, 0.3) is 23.3 Å². The van der Waals surface area contributed by atoms with Crippen molar-refractivity contribution < 1.29 is 0 Å². The van der Waals surface area contributed by atoms with Crippen molar-refractivity contribution in [3.63, 3.8) is 0 Å². The predicted octanol–water partition coefficient (Wildman–Crippen LogP) is 6.98. The molecule has 0 radical (unpaired) electrons. The minimum atomic E-state index is -0.0401. The fourth-order valence-corrected chi connectivity index (χ4v) is 3.47. The van der Waals surface area contributed by atoms with Crippen LogP contribution in [0.5, 0.6) is 0 Å². The van der Waals surface area contributed by atoms with E-state index in [1.54, 1.807) is 12.4 Å². The highest BCUT2D eigenvalue weighted by atomic mass is 35.5. The Hall–Kier alpha value is -4.74. The summed E-state index contributed by atoms with van der Waals surface area (Å²) < 4.78 is 0. The molecule has 4 rings (SSSR count). The number of hydrogen-bond acceptors (Lipinski definition) is 3. The normalized spacial score (nSPS) is 11.8. The maximum atomic E-state index is 8.14. The molecule has 0 aliphatic rings. The van der Waals surface area contributed by atoms with E-state index in [4.69, 9.17) is 5.41 Å². The number of allylic oxidation sites excluding steroid dienone is 2. The van der Waals surface area contributed by atoms with Gasteiger partial charge in [-0.05, 0) is 34.4 Å². The van der Waals surface area contributed by atoms with Gasteiger partial charge in [0.1, 0.15) is 0 Å². The fourth-order valence-electron chi connectivity index (χ4n) is 3.47. The van der Waals surface area contributed by atoms with Crippen molar-refractivity contribution in [1.82, 2.24) is 10.9 Å². The molecule has 3 N–H and O–H groups in total. The highest BCUT2D eigenvalue weighted by Gasteiger charge is 2.01. The molecule has 0 saturated carbocycles. The third kappa shape index (κ3) is 8.76. The monoisotopic (exact) mass is 505 g/mol. The lowest BCUT2D eigenvalue weighted by atomic mass is 10.0. The molecule has 0 aliphatic heterocycles. The average molecular weight is 506 g/mol. The van der Waals surface area contributed by atoms with Crippen molar-refractivity contribution in [1.29, 1.82) is 5.41 Å². The Morgan fingerprint density at radius 3 is 1.19 bits per heavy atom. The van der Waals surface area contributed by atoms with Gasteiger partial charge in [-0.15, -0.1) is 12.4 Å². The Kier molecular flexibility index (Phi) is 10.6. The molecule has 0 amide bonds. The summed E-state index contributed by atoms with van der Waals surface area (Å²) in [5.41, 5.74) is 11.4. The number of hydrogen-bond donors (Lipinski definition) is 3. The minimum absolute atomic E-state index is 0. The van der Waals surface area contributed by atoms with Crippen LogP contribution in [0.4, 0.5) is 0 Å². The molecular formula is C31H28ClN5. The van der Waals surface area contributed by atoms with Crippen LogP contribution >= 0.6 is 12.4 Å². The van der Waals surface area contributed by atoms with Gasteiger partial charge in [0.25, 0.3) is 0 Å². The van der Waals surface area contributed by atoms with Gasteiger partial charge in [-0.2, -0.15) is 10.2 Å². The van der Waals surface area contributed by atoms with Gasteiger partial charge in [0.15, 0.2) is 0 Å². The van der Waals surface area contributed by atoms with Gasteiger partial charge < -0.3 is 0 Å². The first-order valence-electron chi connectivity index (χ1n) is 11.6. The highest BCUT2D eigenvalue weighted by Crippen LogP contribution is 2.17. The van der Waals surface area contributed by atoms with Crippen LogP contribution in [-0.4, -0.2) is 18.4 Å². The summed E-state index contributed by atoms with van der Waals surface area (Å²) in [6, 6.07) is 40.1. The molecule has 0 spiro atoms. The van der Waals surface area contributed by atoms with E-state index in [-0.39, 0.29) is 18.4 Å². The van der Waals surface area contributed by atoms with E-state index in [1.165, 1.54) is 0 Å². The summed E-state index contributed by atoms with van der Waals surface area (Å²) in [6.45, 7) is 0. The van der Waals surface area contributed by atoms with E-state index in [9.17, 15) is 0 Å². The predicted molar refractivity (Wildman–Crippen MR) is 160 cm³/mol. The molecule has 0 aliphatic carbocycles. The largest absolute Gasteiger partial charge is 0.266 e. The van der Waals surface area contributed by atoms with Crippen LogP contribution in [0.1, 0.15) is 22.3 Å². The van der Waals surface area contributed by atoms with Crippen LogP contribution in [0.2, 0.25) is 0 Å². The molecule has 184 valence electrons. The second kappa shape index (κ2) is 14.6. The Balaban J connectivity index is 0.00000380. The summed E-state index contributed by atoms with van der Waals surface area (Å²) in [5.74, 6) is -0.0401. The lowest BCUT2D eigenvalue weighted by molar-refractivity contribution is 0.894. The molecule has 0 heterocycles. The molecule has 6 heteroatoms. The maximum absolute atomic E-state index is 8.14. The van der Waals surface area contributed by atoms with Crippen molar-refractivity contribution in [2.75, 3.05) is 0 Å². The van der Waals surface area contributed by atoms with Crippen molar-refractivity contribution >= 4 is 54.1 Å². The molecule has 37 heavy (non-hydrogen) atoms. The molecule has 4 aromatic rings. The van der Waals surface area contributed by atoms with Gasteiger partial charge in [-0.1, -0.05) is 121 Å². The van der Waals surface area contributed by atoms with Gasteiger partial charge >= 0.3 is 0 Å². The van der Waals surface area contributed by atoms with E-state index < -0.39 is 0 Å². The standard InChI is InChI=1S/C31H27N5.ClH/c32-31(35-33-23-29(27-17-9-3-10-18-27)21-25-13-5-1-6-14-25)36-34-24-30(28-19-11-4-12-20-28)22-26-15-7-2-8-16-26;/h1-24H,(H3,32,35,36);1H. The van der Waals surface area contributed by atoms with Crippen LogP contribution in [-0.2, 0) is 0 Å². The number of nitrogens with zero attached hydrogens (tertiary/aromatic N) is 2. The maximum Gasteiger partial charge on any atom is 0.230 e. The number of rotatable bonds is 8. The smallest absolute Gasteiger partial charge is 0.230 e. The SMILES string of the molecule is Cl.N=C(NN=CC(=Cc1ccccc1)c1ccccc1)NN=CC(=Cc1ccccc1)c1ccccc1. The van der Waals surface area contributed by atoms with Crippen molar-refractivity contribution in [3.05, 3.63) is 144 Å². The summed E-state index contributed by atoms with van der Waals surface area (Å²) in [5, 5.41) is 16.6. The highest BCUT2D eigenvalue weighted by molar-refractivity contribution is 6.16. The van der Waals surface area contributed by atoms with E-state index in [0.29, 0.717) is 0 Å². The summed E-state index contributed by atoms with van der Waals surface area (Å²) in [7, 11) is 0. The van der Waals surface area contributed by atoms with Crippen LogP contribution in [0.3, 0.4) is 0 Å². The number of halogens is 1. The zero-order valence-electron chi connectivity index (χ0n) is 20.2. The molecule has 4 aromatic carbocycles. The van der Waals surface area contributed by atoms with Crippen LogP contribution in [0, 0.1) is 5.41 Å². The second-order valence-electron chi connectivity index (χ2n) is 7.87. The first kappa shape index (κ1) is 26.9. The van der Waals surface area contributed by atoms with Gasteiger partial charge in [0, 0.05) is 11.1 Å². The lowest BCUT2D eigenvalue weighted by Crippen LogP contribution is -2.29. The van der Waals surface area contributed by atoms with Gasteiger partial charge in [-0.25, -0.2) is 10.9 Å². The van der Waals surface area contributed by atoms with Crippen molar-refractivity contribution in [3.8, 4) is 0 Å². The third-order valence-electron chi connectivity index (χ3n) is 5.22. The molecule has 5 nitrogen and oxygen atoms in total. The summed E-state index contributed by atoms with van der Waals surface area (Å²) >= 11 is 0. The Bertz CT molecular complexity index is 1260. The van der Waals surface area contributed by atoms with E-state index in [2.05, 4.69) is 33.2 Å². The average Bonchev–Trinajstić information content (AvgIpc) is 2.94. The van der Waals surface area contributed by atoms with Crippen molar-refractivity contribution in [2.45, 2.75) is 0 Å². The molecule has 0 bridgehead atoms. The quantitative estimate of drug-likeness (QED) is 0.105. The first-order valence-corrected chi connectivity index (χ1v) is 11.6. The van der Waals surface area contributed by atoms with E-state index in [0.717, 1.165) is 33.4 Å².